The molecule has 0 atom stereocenters. The molecule has 0 radical (unpaired) electrons. The molecule has 3 aromatic rings. The zero-order valence-corrected chi connectivity index (χ0v) is 12.9. The maximum absolute atomic E-state index is 12.0. The third kappa shape index (κ3) is 3.77. The van der Waals surface area contributed by atoms with Crippen molar-refractivity contribution in [1.29, 1.82) is 0 Å². The Hall–Kier alpha value is -3.08. The molecule has 0 aliphatic carbocycles. The summed E-state index contributed by atoms with van der Waals surface area (Å²) in [7, 11) is 1.86. The van der Waals surface area contributed by atoms with E-state index >= 15 is 0 Å². The van der Waals surface area contributed by atoms with Gasteiger partial charge in [0.15, 0.2) is 5.82 Å². The van der Waals surface area contributed by atoms with Gasteiger partial charge in [-0.05, 0) is 11.1 Å². The van der Waals surface area contributed by atoms with Crippen LogP contribution in [0, 0.1) is 0 Å². The van der Waals surface area contributed by atoms with E-state index in [0.717, 1.165) is 16.8 Å². The lowest BCUT2D eigenvalue weighted by atomic mass is 10.1. The van der Waals surface area contributed by atoms with Gasteiger partial charge in [0, 0.05) is 19.7 Å². The van der Waals surface area contributed by atoms with E-state index in [1.165, 1.54) is 0 Å². The van der Waals surface area contributed by atoms with Crippen molar-refractivity contribution in [2.75, 3.05) is 5.32 Å². The highest BCUT2D eigenvalue weighted by atomic mass is 16.2. The predicted octanol–water partition coefficient (Wildman–Crippen LogP) is 3.41. The summed E-state index contributed by atoms with van der Waals surface area (Å²) in [5.41, 5.74) is 3.05. The third-order valence-corrected chi connectivity index (χ3v) is 3.49. The molecule has 0 saturated carbocycles. The van der Waals surface area contributed by atoms with Gasteiger partial charge in [-0.2, -0.15) is 5.10 Å². The standard InChI is InChI=1S/C18H18N4O/c1-22-16(15-10-6-3-7-11-15)12-17(21-22)20-18(23)19-13-14-8-4-2-5-9-14/h2-12H,13H2,1H3,(H2,19,20,21,23). The molecule has 5 heteroatoms. The van der Waals surface area contributed by atoms with E-state index in [2.05, 4.69) is 15.7 Å². The maximum Gasteiger partial charge on any atom is 0.320 e. The first kappa shape index (κ1) is 14.8. The molecule has 1 aromatic heterocycles. The molecule has 0 unspecified atom stereocenters. The fourth-order valence-electron chi connectivity index (χ4n) is 2.35. The largest absolute Gasteiger partial charge is 0.334 e. The fourth-order valence-corrected chi connectivity index (χ4v) is 2.35. The number of hydrogen-bond acceptors (Lipinski definition) is 2. The van der Waals surface area contributed by atoms with E-state index in [4.69, 9.17) is 0 Å². The number of amides is 2. The second-order valence-electron chi connectivity index (χ2n) is 5.20. The van der Waals surface area contributed by atoms with Crippen LogP contribution in [-0.2, 0) is 13.6 Å². The topological polar surface area (TPSA) is 59.0 Å². The van der Waals surface area contributed by atoms with Crippen molar-refractivity contribution < 1.29 is 4.79 Å². The molecule has 116 valence electrons. The number of aromatic nitrogens is 2. The quantitative estimate of drug-likeness (QED) is 0.776. The Morgan fingerprint density at radius 1 is 1.04 bits per heavy atom. The lowest BCUT2D eigenvalue weighted by molar-refractivity contribution is 0.251. The van der Waals surface area contributed by atoms with Crippen molar-refractivity contribution in [2.45, 2.75) is 6.54 Å². The van der Waals surface area contributed by atoms with Crippen molar-refractivity contribution in [3.05, 3.63) is 72.3 Å². The fraction of sp³-hybridized carbons (Fsp3) is 0.111. The number of carbonyl (C=O) groups excluding carboxylic acids is 1. The van der Waals surface area contributed by atoms with Gasteiger partial charge >= 0.3 is 6.03 Å². The molecule has 2 aromatic carbocycles. The maximum atomic E-state index is 12.0. The zero-order valence-electron chi connectivity index (χ0n) is 12.9. The summed E-state index contributed by atoms with van der Waals surface area (Å²) < 4.78 is 1.75. The molecule has 1 heterocycles. The summed E-state index contributed by atoms with van der Waals surface area (Å²) >= 11 is 0. The van der Waals surface area contributed by atoms with Crippen LogP contribution in [0.25, 0.3) is 11.3 Å². The van der Waals surface area contributed by atoms with Gasteiger partial charge in [0.1, 0.15) is 0 Å². The van der Waals surface area contributed by atoms with Crippen LogP contribution >= 0.6 is 0 Å². The second kappa shape index (κ2) is 6.79. The molecule has 0 spiro atoms. The van der Waals surface area contributed by atoms with Gasteiger partial charge in [0.2, 0.25) is 0 Å². The van der Waals surface area contributed by atoms with E-state index in [-0.39, 0.29) is 6.03 Å². The molecule has 2 N–H and O–H groups in total. The average molecular weight is 306 g/mol. The molecule has 3 rings (SSSR count). The van der Waals surface area contributed by atoms with Gasteiger partial charge in [0.25, 0.3) is 0 Å². The second-order valence-corrected chi connectivity index (χ2v) is 5.20. The smallest absolute Gasteiger partial charge is 0.320 e. The number of nitrogens with one attached hydrogen (secondary N) is 2. The van der Waals surface area contributed by atoms with Crippen LogP contribution in [0.3, 0.4) is 0 Å². The van der Waals surface area contributed by atoms with Crippen molar-refractivity contribution in [3.8, 4) is 11.3 Å². The number of nitrogens with zero attached hydrogens (tertiary/aromatic N) is 2. The van der Waals surface area contributed by atoms with Crippen LogP contribution in [0.2, 0.25) is 0 Å². The van der Waals surface area contributed by atoms with Crippen molar-refractivity contribution in [3.63, 3.8) is 0 Å². The molecular formula is C18H18N4O. The van der Waals surface area contributed by atoms with Crippen LogP contribution in [0.5, 0.6) is 0 Å². The normalized spacial score (nSPS) is 10.3. The minimum atomic E-state index is -0.272. The number of anilines is 1. The van der Waals surface area contributed by atoms with Gasteiger partial charge in [-0.25, -0.2) is 4.79 Å². The van der Waals surface area contributed by atoms with Crippen LogP contribution in [-0.4, -0.2) is 15.8 Å². The first-order valence-electron chi connectivity index (χ1n) is 7.40. The zero-order chi connectivity index (χ0) is 16.1. The van der Waals surface area contributed by atoms with Crippen molar-refractivity contribution in [2.24, 2.45) is 7.05 Å². The first-order valence-corrected chi connectivity index (χ1v) is 7.40. The van der Waals surface area contributed by atoms with E-state index in [0.29, 0.717) is 12.4 Å². The highest BCUT2D eigenvalue weighted by molar-refractivity contribution is 5.88. The monoisotopic (exact) mass is 306 g/mol. The summed E-state index contributed by atoms with van der Waals surface area (Å²) in [4.78, 5) is 12.0. The Bertz CT molecular complexity index is 781. The summed E-state index contributed by atoms with van der Waals surface area (Å²) in [6.07, 6.45) is 0. The molecule has 23 heavy (non-hydrogen) atoms. The van der Waals surface area contributed by atoms with Crippen LogP contribution in [0.15, 0.2) is 66.7 Å². The van der Waals surface area contributed by atoms with Crippen LogP contribution < -0.4 is 10.6 Å². The minimum Gasteiger partial charge on any atom is -0.334 e. The number of benzene rings is 2. The summed E-state index contributed by atoms with van der Waals surface area (Å²) in [5.74, 6) is 0.525. The van der Waals surface area contributed by atoms with Gasteiger partial charge in [-0.15, -0.1) is 0 Å². The lowest BCUT2D eigenvalue weighted by Gasteiger charge is -2.05. The van der Waals surface area contributed by atoms with Crippen molar-refractivity contribution >= 4 is 11.8 Å². The number of hydrogen-bond donors (Lipinski definition) is 2. The minimum absolute atomic E-state index is 0.272. The SMILES string of the molecule is Cn1nc(NC(=O)NCc2ccccc2)cc1-c1ccccc1. The van der Waals surface area contributed by atoms with Crippen LogP contribution in [0.1, 0.15) is 5.56 Å². The summed E-state index contributed by atoms with van der Waals surface area (Å²) in [5, 5.41) is 9.90. The first-order chi connectivity index (χ1) is 11.2. The number of carbonyl (C=O) groups is 1. The van der Waals surface area contributed by atoms with Gasteiger partial charge < -0.3 is 5.32 Å². The predicted molar refractivity (Wildman–Crippen MR) is 90.9 cm³/mol. The van der Waals surface area contributed by atoms with E-state index < -0.39 is 0 Å². The Labute approximate surface area is 135 Å². The average Bonchev–Trinajstić information content (AvgIpc) is 2.95. The van der Waals surface area contributed by atoms with Gasteiger partial charge in [0.05, 0.1) is 5.69 Å². The van der Waals surface area contributed by atoms with E-state index in [9.17, 15) is 4.79 Å². The molecule has 0 fully saturated rings. The van der Waals surface area contributed by atoms with Crippen molar-refractivity contribution in [1.82, 2.24) is 15.1 Å². The molecule has 0 saturated heterocycles. The highest BCUT2D eigenvalue weighted by Crippen LogP contribution is 2.21. The van der Waals surface area contributed by atoms with E-state index in [1.54, 1.807) is 4.68 Å². The highest BCUT2D eigenvalue weighted by Gasteiger charge is 2.09. The molecule has 5 nitrogen and oxygen atoms in total. The number of aryl methyl sites for hydroxylation is 1. The molecular weight excluding hydrogens is 288 g/mol. The Morgan fingerprint density at radius 3 is 2.39 bits per heavy atom. The van der Waals surface area contributed by atoms with Crippen LogP contribution in [0.4, 0.5) is 10.6 Å². The Balaban J connectivity index is 1.63. The van der Waals surface area contributed by atoms with E-state index in [1.807, 2.05) is 73.8 Å². The molecule has 0 aliphatic rings. The van der Waals surface area contributed by atoms with Gasteiger partial charge in [-0.1, -0.05) is 60.7 Å². The third-order valence-electron chi connectivity index (χ3n) is 3.49. The molecule has 2 amide bonds. The number of rotatable bonds is 4. The lowest BCUT2D eigenvalue weighted by Crippen LogP contribution is -2.28. The Morgan fingerprint density at radius 2 is 1.70 bits per heavy atom. The Kier molecular flexibility index (Phi) is 4.38. The molecule has 0 aliphatic heterocycles. The number of urea groups is 1. The summed E-state index contributed by atoms with van der Waals surface area (Å²) in [6, 6.07) is 21.3. The molecule has 0 bridgehead atoms. The summed E-state index contributed by atoms with van der Waals surface area (Å²) in [6.45, 7) is 0.477. The van der Waals surface area contributed by atoms with Gasteiger partial charge in [-0.3, -0.25) is 10.00 Å².